The molecule has 0 bridgehead atoms. The third-order valence-corrected chi connectivity index (χ3v) is 3.33. The summed E-state index contributed by atoms with van der Waals surface area (Å²) in [7, 11) is 0. The molecule has 2 amide bonds. The van der Waals surface area contributed by atoms with Gasteiger partial charge < -0.3 is 9.80 Å². The van der Waals surface area contributed by atoms with Crippen molar-refractivity contribution in [2.24, 2.45) is 0 Å². The molecule has 0 aliphatic heterocycles. The maximum Gasteiger partial charge on any atom is 0.255 e. The van der Waals surface area contributed by atoms with E-state index in [1.54, 1.807) is 15.9 Å². The molecule has 0 saturated carbocycles. The minimum Gasteiger partial charge on any atom is -0.339 e. The van der Waals surface area contributed by atoms with Crippen molar-refractivity contribution in [3.63, 3.8) is 0 Å². The largest absolute Gasteiger partial charge is 0.339 e. The number of pyridine rings is 1. The average Bonchev–Trinajstić information content (AvgIpc) is 2.49. The molecule has 5 heteroatoms. The number of nitrogens with zero attached hydrogens (tertiary/aromatic N) is 3. The van der Waals surface area contributed by atoms with E-state index in [0.717, 1.165) is 0 Å². The summed E-state index contributed by atoms with van der Waals surface area (Å²) in [5, 5.41) is 0. The summed E-state index contributed by atoms with van der Waals surface area (Å²) >= 11 is 0. The minimum atomic E-state index is -0.0864. The molecule has 1 aromatic rings. The molecule has 20 heavy (non-hydrogen) atoms. The molecule has 0 spiro atoms. The van der Waals surface area contributed by atoms with Gasteiger partial charge in [0.15, 0.2) is 0 Å². The quantitative estimate of drug-likeness (QED) is 0.799. The molecule has 0 aliphatic carbocycles. The van der Waals surface area contributed by atoms with Gasteiger partial charge in [-0.25, -0.2) is 0 Å². The van der Waals surface area contributed by atoms with Crippen molar-refractivity contribution in [2.45, 2.75) is 27.7 Å². The Balaban J connectivity index is 3.01. The van der Waals surface area contributed by atoms with Crippen molar-refractivity contribution < 1.29 is 9.59 Å². The predicted octanol–water partition coefficient (Wildman–Crippen LogP) is 2.05. The molecule has 0 unspecified atom stereocenters. The van der Waals surface area contributed by atoms with Crippen LogP contribution in [0.4, 0.5) is 0 Å². The maximum absolute atomic E-state index is 12.3. The van der Waals surface area contributed by atoms with Crippen molar-refractivity contribution in [2.75, 3.05) is 26.2 Å². The Morgan fingerprint density at radius 2 is 1.20 bits per heavy atom. The van der Waals surface area contributed by atoms with Crippen molar-refractivity contribution in [1.29, 1.82) is 0 Å². The van der Waals surface area contributed by atoms with E-state index in [-0.39, 0.29) is 11.8 Å². The van der Waals surface area contributed by atoms with Gasteiger partial charge in [-0.2, -0.15) is 0 Å². The zero-order valence-electron chi connectivity index (χ0n) is 12.7. The van der Waals surface area contributed by atoms with Crippen LogP contribution in [0.2, 0.25) is 0 Å². The highest BCUT2D eigenvalue weighted by Crippen LogP contribution is 2.09. The fraction of sp³-hybridized carbons (Fsp3) is 0.533. The Kier molecular flexibility index (Phi) is 6.15. The number of rotatable bonds is 6. The summed E-state index contributed by atoms with van der Waals surface area (Å²) in [6.45, 7) is 10.3. The van der Waals surface area contributed by atoms with E-state index in [0.29, 0.717) is 37.3 Å². The molecule has 0 aliphatic rings. The number of amides is 2. The number of hydrogen-bond acceptors (Lipinski definition) is 3. The summed E-state index contributed by atoms with van der Waals surface area (Å²) in [6, 6.07) is 1.63. The average molecular weight is 277 g/mol. The Labute approximate surface area is 120 Å². The molecular weight excluding hydrogens is 254 g/mol. The fourth-order valence-corrected chi connectivity index (χ4v) is 2.06. The molecular formula is C15H23N3O2. The topological polar surface area (TPSA) is 53.5 Å². The monoisotopic (exact) mass is 277 g/mol. The van der Waals surface area contributed by atoms with Crippen LogP contribution in [0.1, 0.15) is 48.4 Å². The van der Waals surface area contributed by atoms with Crippen LogP contribution in [-0.2, 0) is 0 Å². The van der Waals surface area contributed by atoms with Crippen LogP contribution in [0.3, 0.4) is 0 Å². The number of aromatic nitrogens is 1. The third-order valence-electron chi connectivity index (χ3n) is 3.33. The predicted molar refractivity (Wildman–Crippen MR) is 78.7 cm³/mol. The first-order valence-corrected chi connectivity index (χ1v) is 7.12. The molecule has 0 aromatic carbocycles. The first-order valence-electron chi connectivity index (χ1n) is 7.12. The van der Waals surface area contributed by atoms with Gasteiger partial charge in [0.05, 0.1) is 11.1 Å². The van der Waals surface area contributed by atoms with E-state index in [9.17, 15) is 9.59 Å². The summed E-state index contributed by atoms with van der Waals surface area (Å²) in [5.41, 5.74) is 0.929. The van der Waals surface area contributed by atoms with Crippen molar-refractivity contribution in [3.05, 3.63) is 29.6 Å². The summed E-state index contributed by atoms with van der Waals surface area (Å²) in [5.74, 6) is -0.173. The van der Waals surface area contributed by atoms with E-state index >= 15 is 0 Å². The van der Waals surface area contributed by atoms with Gasteiger partial charge in [-0.1, -0.05) is 0 Å². The van der Waals surface area contributed by atoms with Crippen LogP contribution >= 0.6 is 0 Å². The zero-order valence-corrected chi connectivity index (χ0v) is 12.7. The van der Waals surface area contributed by atoms with Gasteiger partial charge >= 0.3 is 0 Å². The van der Waals surface area contributed by atoms with Crippen LogP contribution in [-0.4, -0.2) is 52.8 Å². The lowest BCUT2D eigenvalue weighted by Gasteiger charge is -2.20. The summed E-state index contributed by atoms with van der Waals surface area (Å²) in [4.78, 5) is 32.0. The number of carbonyl (C=O) groups excluding carboxylic acids is 2. The van der Waals surface area contributed by atoms with Gasteiger partial charge in [0.1, 0.15) is 0 Å². The van der Waals surface area contributed by atoms with Crippen molar-refractivity contribution in [3.8, 4) is 0 Å². The third kappa shape index (κ3) is 3.56. The molecule has 0 radical (unpaired) electrons. The molecule has 1 aromatic heterocycles. The summed E-state index contributed by atoms with van der Waals surface area (Å²) < 4.78 is 0. The van der Waals surface area contributed by atoms with Crippen LogP contribution in [0.25, 0.3) is 0 Å². The summed E-state index contributed by atoms with van der Waals surface area (Å²) in [6.07, 6.45) is 3.03. The normalized spacial score (nSPS) is 10.2. The van der Waals surface area contributed by atoms with Crippen molar-refractivity contribution in [1.82, 2.24) is 14.8 Å². The van der Waals surface area contributed by atoms with Crippen molar-refractivity contribution >= 4 is 11.8 Å². The molecule has 1 heterocycles. The fourth-order valence-electron chi connectivity index (χ4n) is 2.06. The molecule has 5 nitrogen and oxygen atoms in total. The highest BCUT2D eigenvalue weighted by Gasteiger charge is 2.17. The number of carbonyl (C=O) groups is 2. The lowest BCUT2D eigenvalue weighted by molar-refractivity contribution is 0.0771. The van der Waals surface area contributed by atoms with Crippen LogP contribution in [0, 0.1) is 0 Å². The zero-order chi connectivity index (χ0) is 15.1. The Hall–Kier alpha value is -1.91. The second kappa shape index (κ2) is 7.62. The van der Waals surface area contributed by atoms with Gasteiger partial charge in [0.25, 0.3) is 11.8 Å². The lowest BCUT2D eigenvalue weighted by Crippen LogP contribution is -2.32. The van der Waals surface area contributed by atoms with Crippen LogP contribution in [0.5, 0.6) is 0 Å². The van der Waals surface area contributed by atoms with E-state index in [1.807, 2.05) is 27.7 Å². The van der Waals surface area contributed by atoms with E-state index < -0.39 is 0 Å². The van der Waals surface area contributed by atoms with Gasteiger partial charge in [0, 0.05) is 38.6 Å². The Morgan fingerprint density at radius 1 is 0.850 bits per heavy atom. The molecule has 0 atom stereocenters. The highest BCUT2D eigenvalue weighted by molar-refractivity contribution is 5.99. The van der Waals surface area contributed by atoms with E-state index in [1.165, 1.54) is 12.4 Å². The Morgan fingerprint density at radius 3 is 1.50 bits per heavy atom. The standard InChI is InChI=1S/C15H23N3O2/c1-5-17(6-2)14(19)12-9-13(11-16-10-12)15(20)18(7-3)8-4/h9-11H,5-8H2,1-4H3. The first-order chi connectivity index (χ1) is 9.58. The second-order valence-corrected chi connectivity index (χ2v) is 4.42. The van der Waals surface area contributed by atoms with Gasteiger partial charge in [-0.05, 0) is 33.8 Å². The van der Waals surface area contributed by atoms with Crippen LogP contribution < -0.4 is 0 Å². The SMILES string of the molecule is CCN(CC)C(=O)c1cncc(C(=O)N(CC)CC)c1. The molecule has 0 N–H and O–H groups in total. The Bertz CT molecular complexity index is 427. The molecule has 0 saturated heterocycles. The van der Waals surface area contributed by atoms with Gasteiger partial charge in [0.2, 0.25) is 0 Å². The van der Waals surface area contributed by atoms with Gasteiger partial charge in [-0.3, -0.25) is 14.6 Å². The first kappa shape index (κ1) is 16.1. The van der Waals surface area contributed by atoms with Gasteiger partial charge in [-0.15, -0.1) is 0 Å². The molecule has 0 fully saturated rings. The molecule has 1 rings (SSSR count). The van der Waals surface area contributed by atoms with E-state index in [4.69, 9.17) is 0 Å². The molecule has 110 valence electrons. The minimum absolute atomic E-state index is 0.0864. The maximum atomic E-state index is 12.3. The smallest absolute Gasteiger partial charge is 0.255 e. The lowest BCUT2D eigenvalue weighted by atomic mass is 10.1. The second-order valence-electron chi connectivity index (χ2n) is 4.42. The van der Waals surface area contributed by atoms with Crippen LogP contribution in [0.15, 0.2) is 18.5 Å². The number of hydrogen-bond donors (Lipinski definition) is 0. The highest BCUT2D eigenvalue weighted by atomic mass is 16.2. The van der Waals surface area contributed by atoms with E-state index in [2.05, 4.69) is 4.98 Å².